The number of carbonyl (C=O) groups is 1. The first-order chi connectivity index (χ1) is 11.4. The average Bonchev–Trinajstić information content (AvgIpc) is 2.83. The molecule has 0 fully saturated rings. The van der Waals surface area contributed by atoms with Crippen LogP contribution in [0, 0.1) is 12.3 Å². The number of fused-ring (bicyclic) bond motifs is 1. The number of carbonyl (C=O) groups excluding carboxylic acids is 1. The zero-order chi connectivity index (χ0) is 17.3. The van der Waals surface area contributed by atoms with Crippen molar-refractivity contribution in [2.45, 2.75) is 46.6 Å². The summed E-state index contributed by atoms with van der Waals surface area (Å²) in [4.78, 5) is 13.7. The van der Waals surface area contributed by atoms with Gasteiger partial charge in [0.2, 0.25) is 0 Å². The standard InChI is InChI=1S/C19H24N2O2S/c1-12-14-10-19(2,3)9-8-16(14)24-17(12)21-18(23)20-15-7-5-4-6-13(15)11-22/h4-7,22H,8-11H2,1-3H3,(H2,20,21,23). The van der Waals surface area contributed by atoms with Crippen LogP contribution in [0.4, 0.5) is 15.5 Å². The van der Waals surface area contributed by atoms with E-state index in [9.17, 15) is 9.90 Å². The molecule has 24 heavy (non-hydrogen) atoms. The first-order valence-electron chi connectivity index (χ1n) is 8.27. The smallest absolute Gasteiger partial charge is 0.324 e. The molecule has 0 unspecified atom stereocenters. The number of para-hydroxylation sites is 1. The number of benzene rings is 1. The van der Waals surface area contributed by atoms with Gasteiger partial charge in [-0.05, 0) is 48.8 Å². The van der Waals surface area contributed by atoms with Crippen molar-refractivity contribution in [2.75, 3.05) is 10.6 Å². The lowest BCUT2D eigenvalue weighted by Crippen LogP contribution is -2.21. The molecule has 1 aliphatic rings. The number of nitrogens with one attached hydrogen (secondary N) is 2. The van der Waals surface area contributed by atoms with Crippen LogP contribution < -0.4 is 10.6 Å². The minimum Gasteiger partial charge on any atom is -0.392 e. The Hall–Kier alpha value is -1.85. The van der Waals surface area contributed by atoms with Gasteiger partial charge in [-0.1, -0.05) is 32.0 Å². The SMILES string of the molecule is Cc1c(NC(=O)Nc2ccccc2CO)sc2c1CC(C)(C)CC2. The predicted octanol–water partition coefficient (Wildman–Crippen LogP) is 4.71. The fourth-order valence-corrected chi connectivity index (χ4v) is 4.43. The van der Waals surface area contributed by atoms with Gasteiger partial charge >= 0.3 is 6.03 Å². The molecular weight excluding hydrogens is 320 g/mol. The van der Waals surface area contributed by atoms with E-state index in [0.717, 1.165) is 17.8 Å². The van der Waals surface area contributed by atoms with Crippen molar-refractivity contribution in [1.29, 1.82) is 0 Å². The normalized spacial score (nSPS) is 15.7. The Labute approximate surface area is 146 Å². The number of rotatable bonds is 3. The monoisotopic (exact) mass is 344 g/mol. The minimum absolute atomic E-state index is 0.0993. The van der Waals surface area contributed by atoms with Crippen molar-refractivity contribution >= 4 is 28.1 Å². The summed E-state index contributed by atoms with van der Waals surface area (Å²) in [5.74, 6) is 0. The maximum atomic E-state index is 12.3. The molecule has 2 aromatic rings. The Balaban J connectivity index is 1.75. The highest BCUT2D eigenvalue weighted by Crippen LogP contribution is 2.43. The predicted molar refractivity (Wildman–Crippen MR) is 99.9 cm³/mol. The lowest BCUT2D eigenvalue weighted by Gasteiger charge is -2.29. The second kappa shape index (κ2) is 6.57. The van der Waals surface area contributed by atoms with E-state index in [1.807, 2.05) is 12.1 Å². The maximum Gasteiger partial charge on any atom is 0.324 e. The number of amides is 2. The molecule has 0 bridgehead atoms. The molecular formula is C19H24N2O2S. The van der Waals surface area contributed by atoms with Gasteiger partial charge in [-0.15, -0.1) is 11.3 Å². The van der Waals surface area contributed by atoms with E-state index in [0.29, 0.717) is 16.7 Å². The Morgan fingerprint density at radius 3 is 2.79 bits per heavy atom. The number of aliphatic hydroxyl groups excluding tert-OH is 1. The number of anilines is 2. The van der Waals surface area contributed by atoms with Crippen LogP contribution in [0.2, 0.25) is 0 Å². The van der Waals surface area contributed by atoms with Gasteiger partial charge < -0.3 is 10.4 Å². The summed E-state index contributed by atoms with van der Waals surface area (Å²) in [7, 11) is 0. The summed E-state index contributed by atoms with van der Waals surface area (Å²) in [6.45, 7) is 6.60. The molecule has 2 amide bonds. The van der Waals surface area contributed by atoms with Gasteiger partial charge in [0.25, 0.3) is 0 Å². The molecule has 0 aliphatic heterocycles. The van der Waals surface area contributed by atoms with Crippen LogP contribution in [0.5, 0.6) is 0 Å². The Morgan fingerprint density at radius 1 is 1.29 bits per heavy atom. The van der Waals surface area contributed by atoms with Crippen LogP contribution in [-0.2, 0) is 19.4 Å². The molecule has 128 valence electrons. The molecule has 1 heterocycles. The first kappa shape index (κ1) is 17.0. The molecule has 5 heteroatoms. The Morgan fingerprint density at radius 2 is 2.04 bits per heavy atom. The maximum absolute atomic E-state index is 12.3. The number of urea groups is 1. The average molecular weight is 344 g/mol. The van der Waals surface area contributed by atoms with E-state index in [1.165, 1.54) is 22.4 Å². The second-order valence-electron chi connectivity index (χ2n) is 7.19. The molecule has 4 nitrogen and oxygen atoms in total. The minimum atomic E-state index is -0.267. The van der Waals surface area contributed by atoms with Crippen LogP contribution in [0.15, 0.2) is 24.3 Å². The molecule has 0 atom stereocenters. The highest BCUT2D eigenvalue weighted by molar-refractivity contribution is 7.16. The van der Waals surface area contributed by atoms with Crippen molar-refractivity contribution in [2.24, 2.45) is 5.41 Å². The van der Waals surface area contributed by atoms with Gasteiger partial charge in [-0.2, -0.15) is 0 Å². The quantitative estimate of drug-likeness (QED) is 0.755. The van der Waals surface area contributed by atoms with Gasteiger partial charge in [-0.3, -0.25) is 5.32 Å². The van der Waals surface area contributed by atoms with E-state index < -0.39 is 0 Å². The van der Waals surface area contributed by atoms with E-state index in [2.05, 4.69) is 31.4 Å². The van der Waals surface area contributed by atoms with Crippen molar-refractivity contribution in [3.8, 4) is 0 Å². The number of thiophene rings is 1. The van der Waals surface area contributed by atoms with E-state index >= 15 is 0 Å². The highest BCUT2D eigenvalue weighted by atomic mass is 32.1. The lowest BCUT2D eigenvalue weighted by molar-refractivity contribution is 0.262. The van der Waals surface area contributed by atoms with E-state index in [-0.39, 0.29) is 12.6 Å². The third-order valence-corrected chi connectivity index (χ3v) is 6.01. The number of aliphatic hydroxyl groups is 1. The molecule has 1 aromatic heterocycles. The van der Waals surface area contributed by atoms with Gasteiger partial charge in [0.15, 0.2) is 0 Å². The van der Waals surface area contributed by atoms with Crippen molar-refractivity contribution in [3.63, 3.8) is 0 Å². The van der Waals surface area contributed by atoms with Gasteiger partial charge in [0.05, 0.1) is 11.6 Å². The summed E-state index contributed by atoms with van der Waals surface area (Å²) in [6, 6.07) is 7.00. The molecule has 3 N–H and O–H groups in total. The Bertz CT molecular complexity index is 765. The van der Waals surface area contributed by atoms with Gasteiger partial charge in [0, 0.05) is 16.1 Å². The molecule has 3 rings (SSSR count). The van der Waals surface area contributed by atoms with Crippen LogP contribution >= 0.6 is 11.3 Å². The van der Waals surface area contributed by atoms with Crippen LogP contribution in [0.3, 0.4) is 0 Å². The van der Waals surface area contributed by atoms with E-state index in [4.69, 9.17) is 0 Å². The zero-order valence-corrected chi connectivity index (χ0v) is 15.2. The van der Waals surface area contributed by atoms with Crippen molar-refractivity contribution in [3.05, 3.63) is 45.8 Å². The summed E-state index contributed by atoms with van der Waals surface area (Å²) in [6.07, 6.45) is 3.35. The van der Waals surface area contributed by atoms with Crippen LogP contribution in [0.1, 0.15) is 41.8 Å². The third kappa shape index (κ3) is 3.47. The summed E-state index contributed by atoms with van der Waals surface area (Å²) in [5.41, 5.74) is 4.27. The largest absolute Gasteiger partial charge is 0.392 e. The van der Waals surface area contributed by atoms with Gasteiger partial charge in [-0.25, -0.2) is 4.79 Å². The molecule has 0 saturated carbocycles. The molecule has 1 aliphatic carbocycles. The van der Waals surface area contributed by atoms with Crippen molar-refractivity contribution in [1.82, 2.24) is 0 Å². The topological polar surface area (TPSA) is 61.4 Å². The molecule has 0 spiro atoms. The molecule has 0 saturated heterocycles. The fourth-order valence-electron chi connectivity index (χ4n) is 3.22. The van der Waals surface area contributed by atoms with Crippen molar-refractivity contribution < 1.29 is 9.90 Å². The van der Waals surface area contributed by atoms with Crippen LogP contribution in [-0.4, -0.2) is 11.1 Å². The molecule has 0 radical (unpaired) electrons. The van der Waals surface area contributed by atoms with Gasteiger partial charge in [0.1, 0.15) is 0 Å². The second-order valence-corrected chi connectivity index (χ2v) is 8.30. The summed E-state index contributed by atoms with van der Waals surface area (Å²) in [5, 5.41) is 16.1. The molecule has 1 aromatic carbocycles. The highest BCUT2D eigenvalue weighted by Gasteiger charge is 2.29. The third-order valence-electron chi connectivity index (χ3n) is 4.70. The van der Waals surface area contributed by atoms with Crippen LogP contribution in [0.25, 0.3) is 0 Å². The lowest BCUT2D eigenvalue weighted by atomic mass is 9.76. The number of hydrogen-bond acceptors (Lipinski definition) is 3. The summed E-state index contributed by atoms with van der Waals surface area (Å²) < 4.78 is 0. The van der Waals surface area contributed by atoms with E-state index in [1.54, 1.807) is 23.5 Å². The summed E-state index contributed by atoms with van der Waals surface area (Å²) >= 11 is 1.69. The zero-order valence-electron chi connectivity index (χ0n) is 14.4. The Kier molecular flexibility index (Phi) is 4.65. The number of aryl methyl sites for hydroxylation is 1. The first-order valence-corrected chi connectivity index (χ1v) is 9.09. The fraction of sp³-hybridized carbons (Fsp3) is 0.421. The number of hydrogen-bond donors (Lipinski definition) is 3.